The molecule has 68 valence electrons. The molecule has 1 rings (SSSR count). The molecule has 1 N–H and O–H groups in total. The molecule has 0 aromatic heterocycles. The van der Waals surface area contributed by atoms with E-state index in [0.717, 1.165) is 0 Å². The molecule has 0 aliphatic carbocycles. The van der Waals surface area contributed by atoms with Crippen LogP contribution in [0, 0.1) is 11.3 Å². The van der Waals surface area contributed by atoms with Crippen LogP contribution in [-0.4, -0.2) is 32.5 Å². The number of sulfone groups is 1. The van der Waals surface area contributed by atoms with Crippen LogP contribution in [0.1, 0.15) is 12.8 Å². The Morgan fingerprint density at radius 1 is 1.58 bits per heavy atom. The standard InChI is InChI=1S/C7H12N2O2S/c8-3-1-4-9-7-2-5-12(10,11)6-7/h7,9H,1-2,4-6H2. The highest BCUT2D eigenvalue weighted by Gasteiger charge is 2.26. The van der Waals surface area contributed by atoms with Gasteiger partial charge in [0.25, 0.3) is 0 Å². The number of hydrogen-bond acceptors (Lipinski definition) is 4. The van der Waals surface area contributed by atoms with Gasteiger partial charge in [-0.2, -0.15) is 5.26 Å². The van der Waals surface area contributed by atoms with E-state index in [1.54, 1.807) is 0 Å². The SMILES string of the molecule is N#CCCNC1CCS(=O)(=O)C1. The zero-order chi connectivity index (χ0) is 9.03. The van der Waals surface area contributed by atoms with Crippen molar-refractivity contribution in [1.82, 2.24) is 5.32 Å². The minimum atomic E-state index is -2.78. The summed E-state index contributed by atoms with van der Waals surface area (Å²) in [6.45, 7) is 0.594. The fraction of sp³-hybridized carbons (Fsp3) is 0.857. The van der Waals surface area contributed by atoms with Gasteiger partial charge in [-0.1, -0.05) is 0 Å². The van der Waals surface area contributed by atoms with E-state index in [-0.39, 0.29) is 17.5 Å². The normalized spacial score (nSPS) is 26.8. The summed E-state index contributed by atoms with van der Waals surface area (Å²) in [7, 11) is -2.78. The van der Waals surface area contributed by atoms with Crippen molar-refractivity contribution in [2.45, 2.75) is 18.9 Å². The van der Waals surface area contributed by atoms with Gasteiger partial charge in [0, 0.05) is 19.0 Å². The van der Waals surface area contributed by atoms with E-state index in [2.05, 4.69) is 5.32 Å². The molecule has 0 aromatic carbocycles. The second-order valence-electron chi connectivity index (χ2n) is 2.96. The lowest BCUT2D eigenvalue weighted by molar-refractivity contribution is 0.561. The summed E-state index contributed by atoms with van der Waals surface area (Å²) in [4.78, 5) is 0. The van der Waals surface area contributed by atoms with Crippen molar-refractivity contribution < 1.29 is 8.42 Å². The predicted octanol–water partition coefficient (Wildman–Crippen LogP) is -0.323. The van der Waals surface area contributed by atoms with Crippen LogP contribution in [0.25, 0.3) is 0 Å². The molecule has 1 saturated heterocycles. The Balaban J connectivity index is 2.25. The van der Waals surface area contributed by atoms with Gasteiger partial charge in [0.2, 0.25) is 0 Å². The topological polar surface area (TPSA) is 70.0 Å². The summed E-state index contributed by atoms with van der Waals surface area (Å²) in [6, 6.07) is 2.07. The van der Waals surface area contributed by atoms with E-state index in [1.165, 1.54) is 0 Å². The highest BCUT2D eigenvalue weighted by Crippen LogP contribution is 2.10. The zero-order valence-corrected chi connectivity index (χ0v) is 7.60. The van der Waals surface area contributed by atoms with E-state index in [1.807, 2.05) is 6.07 Å². The molecule has 0 saturated carbocycles. The first-order valence-electron chi connectivity index (χ1n) is 3.95. The average molecular weight is 188 g/mol. The van der Waals surface area contributed by atoms with E-state index < -0.39 is 9.84 Å². The van der Waals surface area contributed by atoms with Crippen LogP contribution in [0.15, 0.2) is 0 Å². The molecule has 12 heavy (non-hydrogen) atoms. The third-order valence-corrected chi connectivity index (χ3v) is 3.67. The third kappa shape index (κ3) is 2.80. The Morgan fingerprint density at radius 3 is 2.83 bits per heavy atom. The van der Waals surface area contributed by atoms with Gasteiger partial charge in [0.1, 0.15) is 0 Å². The molecular formula is C7H12N2O2S. The van der Waals surface area contributed by atoms with Gasteiger partial charge in [-0.3, -0.25) is 0 Å². The summed E-state index contributed by atoms with van der Waals surface area (Å²) in [5, 5.41) is 11.3. The molecule has 1 aliphatic rings. The van der Waals surface area contributed by atoms with Crippen molar-refractivity contribution >= 4 is 9.84 Å². The highest BCUT2D eigenvalue weighted by atomic mass is 32.2. The Morgan fingerprint density at radius 2 is 2.33 bits per heavy atom. The molecular weight excluding hydrogens is 176 g/mol. The first kappa shape index (κ1) is 9.49. The first-order valence-corrected chi connectivity index (χ1v) is 5.77. The Kier molecular flexibility index (Phi) is 3.06. The largest absolute Gasteiger partial charge is 0.312 e. The van der Waals surface area contributed by atoms with E-state index in [9.17, 15) is 8.42 Å². The maximum atomic E-state index is 11.0. The molecule has 1 fully saturated rings. The number of rotatable bonds is 3. The van der Waals surface area contributed by atoms with Gasteiger partial charge < -0.3 is 5.32 Å². The maximum Gasteiger partial charge on any atom is 0.151 e. The summed E-state index contributed by atoms with van der Waals surface area (Å²) >= 11 is 0. The minimum Gasteiger partial charge on any atom is -0.312 e. The van der Waals surface area contributed by atoms with Crippen molar-refractivity contribution in [3.05, 3.63) is 0 Å². The molecule has 0 spiro atoms. The lowest BCUT2D eigenvalue weighted by atomic mass is 10.2. The Hall–Kier alpha value is -0.600. The van der Waals surface area contributed by atoms with Crippen LogP contribution in [0.2, 0.25) is 0 Å². The molecule has 1 unspecified atom stereocenters. The van der Waals surface area contributed by atoms with Crippen LogP contribution in [0.3, 0.4) is 0 Å². The number of hydrogen-bond donors (Lipinski definition) is 1. The lowest BCUT2D eigenvalue weighted by Gasteiger charge is -2.07. The molecule has 4 nitrogen and oxygen atoms in total. The Bertz CT molecular complexity index is 278. The Labute approximate surface area is 72.5 Å². The van der Waals surface area contributed by atoms with Gasteiger partial charge in [0.05, 0.1) is 17.6 Å². The van der Waals surface area contributed by atoms with E-state index in [0.29, 0.717) is 19.4 Å². The van der Waals surface area contributed by atoms with E-state index >= 15 is 0 Å². The molecule has 1 heterocycles. The summed E-state index contributed by atoms with van der Waals surface area (Å²) in [5.74, 6) is 0.523. The molecule has 0 bridgehead atoms. The van der Waals surface area contributed by atoms with Crippen LogP contribution >= 0.6 is 0 Å². The quantitative estimate of drug-likeness (QED) is 0.616. The van der Waals surface area contributed by atoms with Gasteiger partial charge in [-0.15, -0.1) is 0 Å². The smallest absolute Gasteiger partial charge is 0.151 e. The van der Waals surface area contributed by atoms with Crippen LogP contribution in [0.5, 0.6) is 0 Å². The number of nitrogens with zero attached hydrogens (tertiary/aromatic N) is 1. The minimum absolute atomic E-state index is 0.0725. The summed E-state index contributed by atoms with van der Waals surface area (Å²) in [6.07, 6.45) is 1.13. The van der Waals surface area contributed by atoms with Crippen molar-refractivity contribution in [3.8, 4) is 6.07 Å². The van der Waals surface area contributed by atoms with Gasteiger partial charge in [-0.05, 0) is 6.42 Å². The molecule has 5 heteroatoms. The molecule has 0 aromatic rings. The van der Waals surface area contributed by atoms with Crippen molar-refractivity contribution in [2.75, 3.05) is 18.1 Å². The van der Waals surface area contributed by atoms with Crippen LogP contribution in [0.4, 0.5) is 0 Å². The maximum absolute atomic E-state index is 11.0. The fourth-order valence-electron chi connectivity index (χ4n) is 1.29. The second-order valence-corrected chi connectivity index (χ2v) is 5.19. The summed E-state index contributed by atoms with van der Waals surface area (Å²) in [5.41, 5.74) is 0. The molecule has 0 amide bonds. The van der Waals surface area contributed by atoms with Crippen molar-refractivity contribution in [1.29, 1.82) is 5.26 Å². The first-order chi connectivity index (χ1) is 5.64. The second kappa shape index (κ2) is 3.87. The van der Waals surface area contributed by atoms with Gasteiger partial charge >= 0.3 is 0 Å². The molecule has 0 radical (unpaired) electrons. The summed E-state index contributed by atoms with van der Waals surface area (Å²) < 4.78 is 21.9. The monoisotopic (exact) mass is 188 g/mol. The van der Waals surface area contributed by atoms with Crippen molar-refractivity contribution in [2.24, 2.45) is 0 Å². The fourth-order valence-corrected chi connectivity index (χ4v) is 3.00. The molecule has 1 atom stereocenters. The number of nitrogens with one attached hydrogen (secondary N) is 1. The van der Waals surface area contributed by atoms with Gasteiger partial charge in [-0.25, -0.2) is 8.42 Å². The number of nitriles is 1. The van der Waals surface area contributed by atoms with E-state index in [4.69, 9.17) is 5.26 Å². The van der Waals surface area contributed by atoms with Gasteiger partial charge in [0.15, 0.2) is 9.84 Å². The van der Waals surface area contributed by atoms with Crippen molar-refractivity contribution in [3.63, 3.8) is 0 Å². The predicted molar refractivity (Wildman–Crippen MR) is 45.3 cm³/mol. The zero-order valence-electron chi connectivity index (χ0n) is 6.78. The average Bonchev–Trinajstić information content (AvgIpc) is 2.31. The third-order valence-electron chi connectivity index (χ3n) is 1.90. The lowest BCUT2D eigenvalue weighted by Crippen LogP contribution is -2.30. The highest BCUT2D eigenvalue weighted by molar-refractivity contribution is 7.91. The van der Waals surface area contributed by atoms with Crippen LogP contribution in [-0.2, 0) is 9.84 Å². The molecule has 1 aliphatic heterocycles. The van der Waals surface area contributed by atoms with Crippen LogP contribution < -0.4 is 5.32 Å².